The van der Waals surface area contributed by atoms with Crippen molar-refractivity contribution in [1.29, 1.82) is 0 Å². The number of hydrogen-bond acceptors (Lipinski definition) is 2. The number of rotatable bonds is 0. The molecule has 0 atom stereocenters. The third-order valence-electron chi connectivity index (χ3n) is 2.62. The van der Waals surface area contributed by atoms with Gasteiger partial charge in [0.1, 0.15) is 0 Å². The minimum absolute atomic E-state index is 0.0435. The van der Waals surface area contributed by atoms with E-state index in [-0.39, 0.29) is 16.5 Å². The summed E-state index contributed by atoms with van der Waals surface area (Å²) in [6.45, 7) is 12.3. The van der Waals surface area contributed by atoms with E-state index >= 15 is 0 Å². The van der Waals surface area contributed by atoms with E-state index in [1.807, 2.05) is 27.0 Å². The third kappa shape index (κ3) is 2.46. The van der Waals surface area contributed by atoms with Gasteiger partial charge in [0.15, 0.2) is 0 Å². The maximum Gasteiger partial charge on any atom is 0.253 e. The van der Waals surface area contributed by atoms with E-state index in [1.54, 1.807) is 4.57 Å². The van der Waals surface area contributed by atoms with Crippen molar-refractivity contribution in [1.82, 2.24) is 4.57 Å². The second kappa shape index (κ2) is 3.65. The predicted molar refractivity (Wildman–Crippen MR) is 68.8 cm³/mol. The van der Waals surface area contributed by atoms with Crippen LogP contribution in [0, 0.1) is 0 Å². The highest BCUT2D eigenvalue weighted by molar-refractivity contribution is 5.48. The van der Waals surface area contributed by atoms with Gasteiger partial charge in [-0.3, -0.25) is 4.79 Å². The summed E-state index contributed by atoms with van der Waals surface area (Å²) in [6, 6.07) is 1.52. The number of nitrogen functional groups attached to an aromatic ring is 1. The summed E-state index contributed by atoms with van der Waals surface area (Å²) in [5, 5.41) is 0. The van der Waals surface area contributed by atoms with Crippen molar-refractivity contribution in [3.05, 3.63) is 28.2 Å². The van der Waals surface area contributed by atoms with E-state index in [2.05, 4.69) is 20.8 Å². The van der Waals surface area contributed by atoms with Crippen LogP contribution in [0.25, 0.3) is 0 Å². The largest absolute Gasteiger partial charge is 0.398 e. The Bertz CT molecular complexity index is 444. The third-order valence-corrected chi connectivity index (χ3v) is 2.62. The first-order valence-electron chi connectivity index (χ1n) is 5.56. The highest BCUT2D eigenvalue weighted by atomic mass is 16.1. The predicted octanol–water partition coefficient (Wildman–Crippen LogP) is 2.48. The molecule has 1 aromatic rings. The monoisotopic (exact) mass is 222 g/mol. The quantitative estimate of drug-likeness (QED) is 0.733. The molecule has 0 aliphatic heterocycles. The van der Waals surface area contributed by atoms with Crippen molar-refractivity contribution < 1.29 is 0 Å². The Kier molecular flexibility index (Phi) is 2.92. The Morgan fingerprint density at radius 2 is 1.62 bits per heavy atom. The molecule has 2 N–H and O–H groups in total. The van der Waals surface area contributed by atoms with Gasteiger partial charge in [-0.1, -0.05) is 20.8 Å². The van der Waals surface area contributed by atoms with E-state index in [0.717, 1.165) is 5.56 Å². The Labute approximate surface area is 97.3 Å². The molecule has 0 aliphatic carbocycles. The van der Waals surface area contributed by atoms with E-state index in [0.29, 0.717) is 5.69 Å². The normalized spacial score (nSPS) is 12.9. The Balaban J connectivity index is 3.52. The second-order valence-electron chi connectivity index (χ2n) is 6.27. The minimum Gasteiger partial charge on any atom is -0.398 e. The van der Waals surface area contributed by atoms with Crippen LogP contribution in [0.4, 0.5) is 5.69 Å². The van der Waals surface area contributed by atoms with Gasteiger partial charge in [0.25, 0.3) is 5.56 Å². The molecule has 0 radical (unpaired) electrons. The summed E-state index contributed by atoms with van der Waals surface area (Å²) in [4.78, 5) is 11.8. The average Bonchev–Trinajstić information content (AvgIpc) is 1.97. The van der Waals surface area contributed by atoms with Crippen molar-refractivity contribution in [2.24, 2.45) is 0 Å². The fourth-order valence-electron chi connectivity index (χ4n) is 1.70. The number of pyridine rings is 1. The minimum atomic E-state index is -0.217. The summed E-state index contributed by atoms with van der Waals surface area (Å²) < 4.78 is 1.74. The molecule has 0 saturated carbocycles. The van der Waals surface area contributed by atoms with Crippen LogP contribution in [0.15, 0.2) is 17.1 Å². The van der Waals surface area contributed by atoms with Gasteiger partial charge in [-0.05, 0) is 31.7 Å². The van der Waals surface area contributed by atoms with E-state index < -0.39 is 0 Å². The molecule has 0 bridgehead atoms. The van der Waals surface area contributed by atoms with Gasteiger partial charge in [0, 0.05) is 23.5 Å². The van der Waals surface area contributed by atoms with Crippen molar-refractivity contribution in [3.8, 4) is 0 Å². The van der Waals surface area contributed by atoms with Crippen LogP contribution in [0.1, 0.15) is 47.1 Å². The zero-order chi connectivity index (χ0) is 12.7. The van der Waals surface area contributed by atoms with Crippen LogP contribution in [0.5, 0.6) is 0 Å². The maximum absolute atomic E-state index is 11.8. The molecule has 0 spiro atoms. The van der Waals surface area contributed by atoms with Gasteiger partial charge in [0.05, 0.1) is 0 Å². The smallest absolute Gasteiger partial charge is 0.253 e. The van der Waals surface area contributed by atoms with Crippen LogP contribution >= 0.6 is 0 Å². The molecule has 0 aliphatic rings. The average molecular weight is 222 g/mol. The van der Waals surface area contributed by atoms with Gasteiger partial charge in [-0.25, -0.2) is 0 Å². The Morgan fingerprint density at radius 3 is 2.00 bits per heavy atom. The molecule has 0 fully saturated rings. The SMILES string of the molecule is CC(C)(C)c1cn(C(C)(C)C)c(=O)cc1N. The van der Waals surface area contributed by atoms with Gasteiger partial charge < -0.3 is 10.3 Å². The molecular formula is C13H22N2O. The molecule has 1 heterocycles. The summed E-state index contributed by atoms with van der Waals surface area (Å²) >= 11 is 0. The Hall–Kier alpha value is -1.25. The first-order chi connectivity index (χ1) is 7.03. The molecule has 0 unspecified atom stereocenters. The van der Waals surface area contributed by atoms with Gasteiger partial charge in [0.2, 0.25) is 0 Å². The van der Waals surface area contributed by atoms with E-state index in [9.17, 15) is 4.79 Å². The van der Waals surface area contributed by atoms with Crippen LogP contribution < -0.4 is 11.3 Å². The van der Waals surface area contributed by atoms with Gasteiger partial charge >= 0.3 is 0 Å². The zero-order valence-corrected chi connectivity index (χ0v) is 11.1. The van der Waals surface area contributed by atoms with Crippen molar-refractivity contribution in [3.63, 3.8) is 0 Å². The van der Waals surface area contributed by atoms with Gasteiger partial charge in [-0.15, -0.1) is 0 Å². The van der Waals surface area contributed by atoms with Gasteiger partial charge in [-0.2, -0.15) is 0 Å². The molecule has 1 aromatic heterocycles. The molecule has 3 heteroatoms. The van der Waals surface area contributed by atoms with E-state index in [1.165, 1.54) is 6.07 Å². The molecule has 0 aromatic carbocycles. The number of anilines is 1. The lowest BCUT2D eigenvalue weighted by atomic mass is 9.87. The van der Waals surface area contributed by atoms with Crippen molar-refractivity contribution in [2.45, 2.75) is 52.5 Å². The number of nitrogens with zero attached hydrogens (tertiary/aromatic N) is 1. The second-order valence-corrected chi connectivity index (χ2v) is 6.27. The summed E-state index contributed by atoms with van der Waals surface area (Å²) in [5.74, 6) is 0. The lowest BCUT2D eigenvalue weighted by Gasteiger charge is -2.27. The fourth-order valence-corrected chi connectivity index (χ4v) is 1.70. The first kappa shape index (κ1) is 12.8. The molecule has 16 heavy (non-hydrogen) atoms. The number of nitrogens with two attached hydrogens (primary N) is 1. The first-order valence-corrected chi connectivity index (χ1v) is 5.56. The van der Waals surface area contributed by atoms with Crippen LogP contribution in [-0.4, -0.2) is 4.57 Å². The molecular weight excluding hydrogens is 200 g/mol. The summed E-state index contributed by atoms with van der Waals surface area (Å²) in [5.41, 5.74) is 7.19. The fraction of sp³-hybridized carbons (Fsp3) is 0.615. The zero-order valence-electron chi connectivity index (χ0n) is 11.1. The van der Waals surface area contributed by atoms with Crippen molar-refractivity contribution in [2.75, 3.05) is 5.73 Å². The standard InChI is InChI=1S/C13H22N2O/c1-12(2,3)9-8-15(13(4,5)6)11(16)7-10(9)14/h7-8H,14H2,1-6H3. The Morgan fingerprint density at radius 1 is 1.12 bits per heavy atom. The number of hydrogen-bond donors (Lipinski definition) is 1. The van der Waals surface area contributed by atoms with Crippen molar-refractivity contribution >= 4 is 5.69 Å². The molecule has 1 rings (SSSR count). The molecule has 90 valence electrons. The molecule has 0 saturated heterocycles. The lowest BCUT2D eigenvalue weighted by molar-refractivity contribution is 0.380. The maximum atomic E-state index is 11.8. The summed E-state index contributed by atoms with van der Waals surface area (Å²) in [7, 11) is 0. The topological polar surface area (TPSA) is 48.0 Å². The van der Waals surface area contributed by atoms with Crippen LogP contribution in [-0.2, 0) is 11.0 Å². The van der Waals surface area contributed by atoms with Crippen LogP contribution in [0.3, 0.4) is 0 Å². The van der Waals surface area contributed by atoms with Crippen LogP contribution in [0.2, 0.25) is 0 Å². The molecule has 3 nitrogen and oxygen atoms in total. The highest BCUT2D eigenvalue weighted by Crippen LogP contribution is 2.27. The molecule has 0 amide bonds. The lowest BCUT2D eigenvalue weighted by Crippen LogP contribution is -2.35. The number of aromatic nitrogens is 1. The highest BCUT2D eigenvalue weighted by Gasteiger charge is 2.22. The summed E-state index contributed by atoms with van der Waals surface area (Å²) in [6.07, 6.45) is 1.89. The van der Waals surface area contributed by atoms with E-state index in [4.69, 9.17) is 5.73 Å².